The topological polar surface area (TPSA) is 78.2 Å². The molecule has 1 N–H and O–H groups in total. The monoisotopic (exact) mass is 500 g/mol. The van der Waals surface area contributed by atoms with Crippen LogP contribution in [0.4, 0.5) is 0 Å². The highest BCUT2D eigenvalue weighted by Gasteiger charge is 2.28. The van der Waals surface area contributed by atoms with Gasteiger partial charge < -0.3 is 15.0 Å². The highest BCUT2D eigenvalue weighted by Crippen LogP contribution is 2.41. The van der Waals surface area contributed by atoms with Crippen LogP contribution in [0.3, 0.4) is 0 Å². The Labute approximate surface area is 216 Å². The summed E-state index contributed by atoms with van der Waals surface area (Å²) in [7, 11) is 0. The van der Waals surface area contributed by atoms with E-state index in [-0.39, 0.29) is 18.1 Å². The number of carbonyl (C=O) groups is 1. The van der Waals surface area contributed by atoms with Crippen molar-refractivity contribution < 1.29 is 9.53 Å². The Morgan fingerprint density at radius 1 is 1.31 bits per heavy atom. The van der Waals surface area contributed by atoms with Crippen LogP contribution in [0, 0.1) is 17.2 Å². The minimum absolute atomic E-state index is 0.00921. The minimum atomic E-state index is 0.00921. The molecule has 2 atom stereocenters. The van der Waals surface area contributed by atoms with Gasteiger partial charge >= 0.3 is 0 Å². The second-order valence-corrected chi connectivity index (χ2v) is 11.1. The minimum Gasteiger partial charge on any atom is -0.490 e. The van der Waals surface area contributed by atoms with Crippen molar-refractivity contribution in [1.29, 1.82) is 5.26 Å². The summed E-state index contributed by atoms with van der Waals surface area (Å²) in [6.07, 6.45) is 5.01. The number of hydrogen-bond donors (Lipinski definition) is 1. The van der Waals surface area contributed by atoms with Crippen LogP contribution in [0.2, 0.25) is 0 Å². The molecule has 7 heteroatoms. The van der Waals surface area contributed by atoms with E-state index in [2.05, 4.69) is 41.5 Å². The number of thiazole rings is 1. The van der Waals surface area contributed by atoms with Crippen LogP contribution in [-0.2, 0) is 11.2 Å². The van der Waals surface area contributed by atoms with Crippen LogP contribution < -0.4 is 10.1 Å². The lowest BCUT2D eigenvalue weighted by Crippen LogP contribution is -2.37. The van der Waals surface area contributed by atoms with E-state index in [0.717, 1.165) is 47.8 Å². The predicted molar refractivity (Wildman–Crippen MR) is 143 cm³/mol. The van der Waals surface area contributed by atoms with Crippen LogP contribution in [0.25, 0.3) is 21.0 Å². The van der Waals surface area contributed by atoms with Crippen LogP contribution >= 0.6 is 11.3 Å². The van der Waals surface area contributed by atoms with Crippen molar-refractivity contribution in [3.63, 3.8) is 0 Å². The fraction of sp³-hybridized carbons (Fsp3) is 0.414. The van der Waals surface area contributed by atoms with Crippen molar-refractivity contribution in [2.75, 3.05) is 19.6 Å². The maximum atomic E-state index is 12.6. The molecule has 1 aliphatic heterocycles. The summed E-state index contributed by atoms with van der Waals surface area (Å²) < 4.78 is 5.76. The molecular formula is C29H32N4O2S. The standard InChI is InChI=1S/C29H32N4O2S/c1-18(2)35-26-10-7-20(13-21(26)14-30)29-32-15-27(36-29)24-6-4-5-23-22(24)8-9-25(23)31-16-28(34)33-12-11-19(3)17-33/h4-7,10,13,15,18-19,25,31H,8-9,11-12,16-17H2,1-3H3/t19-,25-/m0/s1. The predicted octanol–water partition coefficient (Wildman–Crippen LogP) is 5.58. The Balaban J connectivity index is 1.32. The van der Waals surface area contributed by atoms with Gasteiger partial charge in [-0.2, -0.15) is 5.26 Å². The van der Waals surface area contributed by atoms with Crippen molar-refractivity contribution >= 4 is 17.2 Å². The number of aromatic nitrogens is 1. The first-order chi connectivity index (χ1) is 17.4. The highest BCUT2D eigenvalue weighted by atomic mass is 32.1. The molecule has 1 aromatic heterocycles. The number of nitrogens with one attached hydrogen (secondary N) is 1. The molecule has 3 aromatic rings. The summed E-state index contributed by atoms with van der Waals surface area (Å²) in [6.45, 7) is 8.26. The zero-order valence-electron chi connectivity index (χ0n) is 21.1. The Morgan fingerprint density at radius 3 is 2.92 bits per heavy atom. The van der Waals surface area contributed by atoms with Crippen molar-refractivity contribution in [3.8, 4) is 32.8 Å². The van der Waals surface area contributed by atoms with Gasteiger partial charge in [-0.15, -0.1) is 11.3 Å². The smallest absolute Gasteiger partial charge is 0.236 e. The number of fused-ring (bicyclic) bond motifs is 1. The van der Waals surface area contributed by atoms with Gasteiger partial charge in [0, 0.05) is 30.9 Å². The summed E-state index contributed by atoms with van der Waals surface area (Å²) in [6, 6.07) is 14.6. The summed E-state index contributed by atoms with van der Waals surface area (Å²) in [5.74, 6) is 1.41. The number of nitriles is 1. The molecule has 186 valence electrons. The normalized spacial score (nSPS) is 18.9. The number of likely N-dealkylation sites (tertiary alicyclic amines) is 1. The van der Waals surface area contributed by atoms with Gasteiger partial charge in [0.05, 0.1) is 23.1 Å². The summed E-state index contributed by atoms with van der Waals surface area (Å²) >= 11 is 1.64. The summed E-state index contributed by atoms with van der Waals surface area (Å²) in [5, 5.41) is 14.0. The quantitative estimate of drug-likeness (QED) is 0.458. The number of rotatable bonds is 7. The molecule has 0 saturated carbocycles. The molecule has 1 aliphatic carbocycles. The number of hydrogen-bond acceptors (Lipinski definition) is 6. The van der Waals surface area contributed by atoms with E-state index in [1.165, 1.54) is 16.7 Å². The van der Waals surface area contributed by atoms with E-state index in [9.17, 15) is 10.1 Å². The van der Waals surface area contributed by atoms with Gasteiger partial charge in [-0.3, -0.25) is 4.79 Å². The van der Waals surface area contributed by atoms with Crippen molar-refractivity contribution in [1.82, 2.24) is 15.2 Å². The van der Waals surface area contributed by atoms with E-state index in [4.69, 9.17) is 4.74 Å². The van der Waals surface area contributed by atoms with E-state index in [0.29, 0.717) is 23.8 Å². The Hall–Kier alpha value is -3.21. The Bertz CT molecular complexity index is 1310. The molecule has 5 rings (SSSR count). The van der Waals surface area contributed by atoms with Crippen LogP contribution in [0.1, 0.15) is 56.3 Å². The molecule has 2 aliphatic rings. The molecule has 1 fully saturated rings. The molecule has 0 bridgehead atoms. The molecule has 0 radical (unpaired) electrons. The van der Waals surface area contributed by atoms with Gasteiger partial charge in [0.25, 0.3) is 0 Å². The summed E-state index contributed by atoms with van der Waals surface area (Å²) in [4.78, 5) is 20.4. The van der Waals surface area contributed by atoms with Gasteiger partial charge in [-0.05, 0) is 73.9 Å². The first kappa shape index (κ1) is 24.5. The lowest BCUT2D eigenvalue weighted by atomic mass is 10.0. The Morgan fingerprint density at radius 2 is 2.17 bits per heavy atom. The second-order valence-electron chi connectivity index (χ2n) is 10.1. The zero-order chi connectivity index (χ0) is 25.2. The van der Waals surface area contributed by atoms with E-state index >= 15 is 0 Å². The molecule has 2 heterocycles. The van der Waals surface area contributed by atoms with Gasteiger partial charge in [-0.1, -0.05) is 25.1 Å². The van der Waals surface area contributed by atoms with Crippen molar-refractivity contribution in [2.24, 2.45) is 5.92 Å². The SMILES string of the molecule is CC(C)Oc1ccc(-c2ncc(-c3cccc4c3CC[C@@H]4NCC(=O)N3CC[C@H](C)C3)s2)cc1C#N. The third kappa shape index (κ3) is 5.02. The van der Waals surface area contributed by atoms with E-state index < -0.39 is 0 Å². The average molecular weight is 501 g/mol. The molecule has 1 amide bonds. The van der Waals surface area contributed by atoms with Crippen LogP contribution in [0.5, 0.6) is 5.75 Å². The number of nitrogens with zero attached hydrogens (tertiary/aromatic N) is 3. The second kappa shape index (κ2) is 10.4. The Kier molecular flexibility index (Phi) is 7.08. The largest absolute Gasteiger partial charge is 0.490 e. The maximum absolute atomic E-state index is 12.6. The third-order valence-electron chi connectivity index (χ3n) is 7.03. The van der Waals surface area contributed by atoms with Crippen LogP contribution in [0.15, 0.2) is 42.6 Å². The summed E-state index contributed by atoms with van der Waals surface area (Å²) in [5.41, 5.74) is 5.27. The lowest BCUT2D eigenvalue weighted by Gasteiger charge is -2.19. The number of benzene rings is 2. The molecular weight excluding hydrogens is 468 g/mol. The molecule has 1 saturated heterocycles. The maximum Gasteiger partial charge on any atom is 0.236 e. The van der Waals surface area contributed by atoms with E-state index in [1.807, 2.05) is 43.1 Å². The first-order valence-electron chi connectivity index (χ1n) is 12.7. The molecule has 36 heavy (non-hydrogen) atoms. The molecule has 0 spiro atoms. The fourth-order valence-corrected chi connectivity index (χ4v) is 6.19. The van der Waals surface area contributed by atoms with E-state index in [1.54, 1.807) is 11.3 Å². The average Bonchev–Trinajstić information content (AvgIpc) is 3.62. The number of amides is 1. The van der Waals surface area contributed by atoms with Crippen molar-refractivity contribution in [3.05, 3.63) is 59.3 Å². The van der Waals surface area contributed by atoms with Crippen LogP contribution in [-0.4, -0.2) is 41.5 Å². The molecule has 6 nitrogen and oxygen atoms in total. The fourth-order valence-electron chi connectivity index (χ4n) is 5.22. The molecule has 0 unspecified atom stereocenters. The third-order valence-corrected chi connectivity index (χ3v) is 8.11. The highest BCUT2D eigenvalue weighted by molar-refractivity contribution is 7.18. The number of carbonyl (C=O) groups excluding carboxylic acids is 1. The van der Waals surface area contributed by atoms with Gasteiger partial charge in [0.1, 0.15) is 16.8 Å². The first-order valence-corrected chi connectivity index (χ1v) is 13.5. The number of ether oxygens (including phenoxy) is 1. The van der Waals surface area contributed by atoms with Gasteiger partial charge in [0.2, 0.25) is 5.91 Å². The van der Waals surface area contributed by atoms with Crippen molar-refractivity contribution in [2.45, 2.75) is 52.2 Å². The zero-order valence-corrected chi connectivity index (χ0v) is 21.9. The van der Waals surface area contributed by atoms with Gasteiger partial charge in [-0.25, -0.2) is 4.98 Å². The molecule has 2 aromatic carbocycles. The lowest BCUT2D eigenvalue weighted by molar-refractivity contribution is -0.129. The van der Waals surface area contributed by atoms with Gasteiger partial charge in [0.15, 0.2) is 0 Å².